The third kappa shape index (κ3) is 2.63. The topological polar surface area (TPSA) is 86.5 Å². The predicted molar refractivity (Wildman–Crippen MR) is 60.4 cm³/mol. The van der Waals surface area contributed by atoms with Crippen molar-refractivity contribution in [3.8, 4) is 5.75 Å². The Bertz CT molecular complexity index is 544. The largest absolute Gasteiger partial charge is 0.495 e. The zero-order chi connectivity index (χ0) is 12.5. The number of halogens is 2. The second kappa shape index (κ2) is 4.56. The molecule has 88 valence electrons. The maximum absolute atomic E-state index is 11.1. The second-order valence-corrected chi connectivity index (χ2v) is 6.04. The average molecular weight is 331 g/mol. The van der Waals surface area contributed by atoms with Gasteiger partial charge in [0, 0.05) is 10.7 Å². The van der Waals surface area contributed by atoms with Gasteiger partial charge in [0.15, 0.2) is 4.90 Å². The average Bonchev–Trinajstić information content (AvgIpc) is 2.15. The van der Waals surface area contributed by atoms with Gasteiger partial charge < -0.3 is 4.74 Å². The minimum absolute atomic E-state index is 0.149. The molecular weight excluding hydrogens is 326 g/mol. The van der Waals surface area contributed by atoms with Crippen LogP contribution in [0.1, 0.15) is 0 Å². The molecule has 0 amide bonds. The van der Waals surface area contributed by atoms with Gasteiger partial charge in [0.25, 0.3) is 14.7 Å². The Labute approximate surface area is 104 Å². The van der Waals surface area contributed by atoms with Crippen molar-refractivity contribution in [2.75, 3.05) is 7.11 Å². The fourth-order valence-corrected chi connectivity index (χ4v) is 2.69. The summed E-state index contributed by atoms with van der Waals surface area (Å²) in [6.07, 6.45) is 0. The van der Waals surface area contributed by atoms with Crippen LogP contribution in [0, 0.1) is 10.1 Å². The van der Waals surface area contributed by atoms with Crippen LogP contribution in [0.25, 0.3) is 0 Å². The number of rotatable bonds is 3. The van der Waals surface area contributed by atoms with Crippen molar-refractivity contribution >= 4 is 41.4 Å². The molecule has 1 rings (SSSR count). The molecule has 0 aliphatic carbocycles. The molecule has 9 heteroatoms. The number of methoxy groups -OCH3 is 1. The molecule has 1 aromatic rings. The van der Waals surface area contributed by atoms with E-state index >= 15 is 0 Å². The Hall–Kier alpha value is -0.860. The Morgan fingerprint density at radius 3 is 2.44 bits per heavy atom. The van der Waals surface area contributed by atoms with Crippen LogP contribution in [-0.2, 0) is 9.05 Å². The van der Waals surface area contributed by atoms with Crippen molar-refractivity contribution in [1.29, 1.82) is 0 Å². The zero-order valence-corrected chi connectivity index (χ0v) is 11.0. The minimum atomic E-state index is -4.18. The van der Waals surface area contributed by atoms with Crippen LogP contribution < -0.4 is 4.74 Å². The summed E-state index contributed by atoms with van der Waals surface area (Å²) in [5.41, 5.74) is -0.630. The van der Waals surface area contributed by atoms with Crippen LogP contribution in [0.4, 0.5) is 5.69 Å². The number of hydrogen-bond acceptors (Lipinski definition) is 5. The van der Waals surface area contributed by atoms with Gasteiger partial charge in [-0.05, 0) is 22.0 Å². The van der Waals surface area contributed by atoms with Crippen LogP contribution in [0.5, 0.6) is 5.75 Å². The highest BCUT2D eigenvalue weighted by atomic mass is 79.9. The van der Waals surface area contributed by atoms with E-state index in [-0.39, 0.29) is 10.2 Å². The maximum Gasteiger partial charge on any atom is 0.293 e. The van der Waals surface area contributed by atoms with Crippen LogP contribution in [-0.4, -0.2) is 20.5 Å². The number of benzene rings is 1. The van der Waals surface area contributed by atoms with Gasteiger partial charge in [0.05, 0.1) is 22.6 Å². The summed E-state index contributed by atoms with van der Waals surface area (Å²) in [5.74, 6) is 0.149. The Balaban J connectivity index is 3.62. The Morgan fingerprint density at radius 1 is 1.50 bits per heavy atom. The van der Waals surface area contributed by atoms with Crippen LogP contribution in [0.3, 0.4) is 0 Å². The van der Waals surface area contributed by atoms with Gasteiger partial charge in [-0.3, -0.25) is 10.1 Å². The standard InChI is InChI=1S/C7H5BrClNO5S/c1-15-6-3-5(10(11)12)7(2-4(6)8)16(9,13)14/h2-3H,1H3. The molecule has 0 fully saturated rings. The van der Waals surface area contributed by atoms with E-state index in [1.807, 2.05) is 0 Å². The van der Waals surface area contributed by atoms with E-state index < -0.39 is 24.6 Å². The number of nitrogens with zero attached hydrogens (tertiary/aromatic N) is 1. The van der Waals surface area contributed by atoms with E-state index in [0.29, 0.717) is 0 Å². The van der Waals surface area contributed by atoms with Crippen LogP contribution in [0.2, 0.25) is 0 Å². The molecule has 16 heavy (non-hydrogen) atoms. The SMILES string of the molecule is COc1cc([N+](=O)[O-])c(S(=O)(=O)Cl)cc1Br. The zero-order valence-electron chi connectivity index (χ0n) is 7.81. The van der Waals surface area contributed by atoms with Gasteiger partial charge in [-0.25, -0.2) is 8.42 Å². The molecule has 0 aliphatic heterocycles. The molecule has 0 N–H and O–H groups in total. The van der Waals surface area contributed by atoms with Crippen molar-refractivity contribution in [3.63, 3.8) is 0 Å². The lowest BCUT2D eigenvalue weighted by atomic mass is 10.3. The summed E-state index contributed by atoms with van der Waals surface area (Å²) >= 11 is 3.01. The molecule has 0 unspecified atom stereocenters. The summed E-state index contributed by atoms with van der Waals surface area (Å²) in [6.45, 7) is 0. The van der Waals surface area contributed by atoms with Gasteiger partial charge >= 0.3 is 0 Å². The van der Waals surface area contributed by atoms with Crippen molar-refractivity contribution in [1.82, 2.24) is 0 Å². The van der Waals surface area contributed by atoms with Gasteiger partial charge in [-0.2, -0.15) is 0 Å². The molecule has 0 saturated carbocycles. The molecular formula is C7H5BrClNO5S. The first-order valence-corrected chi connectivity index (χ1v) is 6.84. The smallest absolute Gasteiger partial charge is 0.293 e. The molecule has 0 saturated heterocycles. The molecule has 0 heterocycles. The first-order valence-electron chi connectivity index (χ1n) is 3.74. The highest BCUT2D eigenvalue weighted by Gasteiger charge is 2.26. The molecule has 0 radical (unpaired) electrons. The molecule has 6 nitrogen and oxygen atoms in total. The highest BCUT2D eigenvalue weighted by molar-refractivity contribution is 9.10. The highest BCUT2D eigenvalue weighted by Crippen LogP contribution is 2.36. The summed E-state index contributed by atoms with van der Waals surface area (Å²) < 4.78 is 27.3. The van der Waals surface area contributed by atoms with E-state index in [2.05, 4.69) is 15.9 Å². The third-order valence-electron chi connectivity index (χ3n) is 1.69. The van der Waals surface area contributed by atoms with E-state index in [0.717, 1.165) is 12.1 Å². The van der Waals surface area contributed by atoms with Crippen molar-refractivity contribution in [2.24, 2.45) is 0 Å². The van der Waals surface area contributed by atoms with E-state index in [9.17, 15) is 18.5 Å². The minimum Gasteiger partial charge on any atom is -0.495 e. The third-order valence-corrected chi connectivity index (χ3v) is 3.66. The summed E-state index contributed by atoms with van der Waals surface area (Å²) in [7, 11) is 2.20. The number of hydrogen-bond donors (Lipinski definition) is 0. The van der Waals surface area contributed by atoms with Gasteiger partial charge in [-0.15, -0.1) is 0 Å². The van der Waals surface area contributed by atoms with Crippen molar-refractivity contribution < 1.29 is 18.1 Å². The first kappa shape index (κ1) is 13.2. The lowest BCUT2D eigenvalue weighted by Gasteiger charge is -2.05. The lowest BCUT2D eigenvalue weighted by molar-refractivity contribution is -0.387. The van der Waals surface area contributed by atoms with Crippen molar-refractivity contribution in [3.05, 3.63) is 26.7 Å². The maximum atomic E-state index is 11.1. The van der Waals surface area contributed by atoms with E-state index in [1.165, 1.54) is 7.11 Å². The number of ether oxygens (including phenoxy) is 1. The summed E-state index contributed by atoms with van der Waals surface area (Å²) in [6, 6.07) is 2.01. The molecule has 0 bridgehead atoms. The monoisotopic (exact) mass is 329 g/mol. The summed E-state index contributed by atoms with van der Waals surface area (Å²) in [4.78, 5) is 9.24. The van der Waals surface area contributed by atoms with Gasteiger partial charge in [-0.1, -0.05) is 0 Å². The fourth-order valence-electron chi connectivity index (χ4n) is 1.02. The lowest BCUT2D eigenvalue weighted by Crippen LogP contribution is -2.00. The normalized spacial score (nSPS) is 11.2. The predicted octanol–water partition coefficient (Wildman–Crippen LogP) is 2.29. The van der Waals surface area contributed by atoms with Crippen molar-refractivity contribution in [2.45, 2.75) is 4.90 Å². The molecule has 0 atom stereocenters. The Morgan fingerprint density at radius 2 is 2.06 bits per heavy atom. The summed E-state index contributed by atoms with van der Waals surface area (Å²) in [5, 5.41) is 10.7. The van der Waals surface area contributed by atoms with E-state index in [1.54, 1.807) is 0 Å². The molecule has 0 aliphatic rings. The first-order chi connectivity index (χ1) is 7.27. The molecule has 0 spiro atoms. The van der Waals surface area contributed by atoms with Crippen LogP contribution >= 0.6 is 26.6 Å². The quantitative estimate of drug-likeness (QED) is 0.482. The van der Waals surface area contributed by atoms with Gasteiger partial charge in [0.1, 0.15) is 5.75 Å². The van der Waals surface area contributed by atoms with Gasteiger partial charge in [0.2, 0.25) is 0 Å². The fraction of sp³-hybridized carbons (Fsp3) is 0.143. The molecule has 0 aromatic heterocycles. The number of nitro benzene ring substituents is 1. The van der Waals surface area contributed by atoms with Crippen LogP contribution in [0.15, 0.2) is 21.5 Å². The number of nitro groups is 1. The molecule has 1 aromatic carbocycles. The Kier molecular flexibility index (Phi) is 3.76. The van der Waals surface area contributed by atoms with E-state index in [4.69, 9.17) is 15.4 Å². The second-order valence-electron chi connectivity index (χ2n) is 2.65.